The number of imidazole rings is 1. The number of halogens is 3. The van der Waals surface area contributed by atoms with Crippen LogP contribution in [0.4, 0.5) is 19.0 Å². The Kier molecular flexibility index (Phi) is 5.90. The molecule has 0 amide bonds. The molecule has 9 heteroatoms. The molecule has 1 fully saturated rings. The second kappa shape index (κ2) is 9.13. The molecule has 1 aliphatic carbocycles. The van der Waals surface area contributed by atoms with Gasteiger partial charge in [-0.3, -0.25) is 0 Å². The minimum atomic E-state index is -4.37. The highest BCUT2D eigenvalue weighted by atomic mass is 32.1. The monoisotopic (exact) mass is 521 g/mol. The Morgan fingerprint density at radius 1 is 1.05 bits per heavy atom. The fourth-order valence-electron chi connectivity index (χ4n) is 4.98. The molecule has 0 spiro atoms. The molecule has 5 nitrogen and oxygen atoms in total. The summed E-state index contributed by atoms with van der Waals surface area (Å²) in [5, 5.41) is 6.79. The number of hydrogen-bond acceptors (Lipinski definition) is 5. The van der Waals surface area contributed by atoms with Crippen LogP contribution in [0.15, 0.2) is 53.9 Å². The summed E-state index contributed by atoms with van der Waals surface area (Å²) in [5.74, 6) is 2.64. The van der Waals surface area contributed by atoms with Gasteiger partial charge in [-0.05, 0) is 85.3 Å². The molecule has 3 heterocycles. The first kappa shape index (κ1) is 23.9. The van der Waals surface area contributed by atoms with Crippen molar-refractivity contribution in [1.29, 1.82) is 0 Å². The Hall–Kier alpha value is -3.46. The van der Waals surface area contributed by atoms with Crippen molar-refractivity contribution in [2.45, 2.75) is 51.9 Å². The number of aryl methyl sites for hydroxylation is 1. The van der Waals surface area contributed by atoms with Crippen LogP contribution in [0.5, 0.6) is 0 Å². The SMILES string of the molecule is Cc1nc(N[C@H](C)C2CCC2)c2c(n1)nc(-c1ccc3sccc3c1)n2Cc1ccc(C(F)(F)F)cc1. The molecular formula is C28H26F3N5S. The second-order valence-corrected chi connectivity index (χ2v) is 10.8. The quantitative estimate of drug-likeness (QED) is 0.249. The van der Waals surface area contributed by atoms with Crippen LogP contribution in [-0.4, -0.2) is 25.6 Å². The van der Waals surface area contributed by atoms with E-state index in [1.54, 1.807) is 11.3 Å². The summed E-state index contributed by atoms with van der Waals surface area (Å²) in [5.41, 5.74) is 2.33. The normalized spacial score (nSPS) is 15.3. The van der Waals surface area contributed by atoms with Crippen LogP contribution in [-0.2, 0) is 12.7 Å². The summed E-state index contributed by atoms with van der Waals surface area (Å²) in [6.07, 6.45) is -0.742. The Bertz CT molecular complexity index is 1580. The number of nitrogens with zero attached hydrogens (tertiary/aromatic N) is 4. The third kappa shape index (κ3) is 4.56. The van der Waals surface area contributed by atoms with Gasteiger partial charge in [-0.15, -0.1) is 11.3 Å². The first-order valence-corrected chi connectivity index (χ1v) is 13.3. The zero-order valence-corrected chi connectivity index (χ0v) is 21.3. The van der Waals surface area contributed by atoms with Gasteiger partial charge >= 0.3 is 6.18 Å². The molecule has 5 aromatic rings. The highest BCUT2D eigenvalue weighted by molar-refractivity contribution is 7.17. The molecular weight excluding hydrogens is 495 g/mol. The number of rotatable bonds is 6. The molecule has 37 heavy (non-hydrogen) atoms. The zero-order valence-electron chi connectivity index (χ0n) is 20.5. The molecule has 1 atom stereocenters. The Morgan fingerprint density at radius 3 is 2.54 bits per heavy atom. The highest BCUT2D eigenvalue weighted by Gasteiger charge is 2.30. The highest BCUT2D eigenvalue weighted by Crippen LogP contribution is 2.35. The van der Waals surface area contributed by atoms with E-state index >= 15 is 0 Å². The smallest absolute Gasteiger partial charge is 0.365 e. The van der Waals surface area contributed by atoms with E-state index in [0.717, 1.165) is 34.2 Å². The Labute approximate surface area is 216 Å². The lowest BCUT2D eigenvalue weighted by molar-refractivity contribution is -0.137. The standard InChI is InChI=1S/C28H26F3N5S/c1-16(19-4-3-5-19)32-25-24-26(34-17(2)33-25)35-27(21-8-11-23-20(14-21)12-13-37-23)36(24)15-18-6-9-22(10-7-18)28(29,30)31/h6-14,16,19H,3-5,15H2,1-2H3,(H,32,33,34)/t16-/m1/s1. The summed E-state index contributed by atoms with van der Waals surface area (Å²) < 4.78 is 42.7. The van der Waals surface area contributed by atoms with Gasteiger partial charge in [0.05, 0.1) is 5.56 Å². The van der Waals surface area contributed by atoms with Gasteiger partial charge in [0.1, 0.15) is 17.2 Å². The summed E-state index contributed by atoms with van der Waals surface area (Å²) in [6, 6.07) is 13.8. The van der Waals surface area contributed by atoms with E-state index in [0.29, 0.717) is 35.6 Å². The number of thiophene rings is 1. The minimum absolute atomic E-state index is 0.242. The lowest BCUT2D eigenvalue weighted by Crippen LogP contribution is -2.31. The van der Waals surface area contributed by atoms with Gasteiger partial charge in [-0.2, -0.15) is 13.2 Å². The van der Waals surface area contributed by atoms with Gasteiger partial charge in [0, 0.05) is 22.8 Å². The van der Waals surface area contributed by atoms with Crippen molar-refractivity contribution in [3.63, 3.8) is 0 Å². The molecule has 3 aromatic heterocycles. The average Bonchev–Trinajstić information content (AvgIpc) is 3.41. The van der Waals surface area contributed by atoms with E-state index in [-0.39, 0.29) is 6.04 Å². The van der Waals surface area contributed by atoms with E-state index in [1.165, 1.54) is 36.1 Å². The maximum atomic E-state index is 13.2. The van der Waals surface area contributed by atoms with Gasteiger partial charge < -0.3 is 9.88 Å². The number of hydrogen-bond donors (Lipinski definition) is 1. The van der Waals surface area contributed by atoms with Crippen molar-refractivity contribution in [2.75, 3.05) is 5.32 Å². The van der Waals surface area contributed by atoms with Crippen molar-refractivity contribution in [3.8, 4) is 11.4 Å². The number of aromatic nitrogens is 4. The lowest BCUT2D eigenvalue weighted by atomic mass is 9.80. The van der Waals surface area contributed by atoms with Gasteiger partial charge in [0.25, 0.3) is 0 Å². The van der Waals surface area contributed by atoms with Gasteiger partial charge in [-0.1, -0.05) is 18.6 Å². The summed E-state index contributed by atoms with van der Waals surface area (Å²) in [6.45, 7) is 4.37. The number of alkyl halides is 3. The largest absolute Gasteiger partial charge is 0.416 e. The van der Waals surface area contributed by atoms with E-state index in [9.17, 15) is 13.2 Å². The molecule has 0 aliphatic heterocycles. The van der Waals surface area contributed by atoms with Crippen molar-refractivity contribution in [1.82, 2.24) is 19.5 Å². The average molecular weight is 522 g/mol. The molecule has 1 aliphatic rings. The van der Waals surface area contributed by atoms with Crippen LogP contribution < -0.4 is 5.32 Å². The van der Waals surface area contributed by atoms with E-state index in [1.807, 2.05) is 17.6 Å². The van der Waals surface area contributed by atoms with Crippen molar-refractivity contribution < 1.29 is 13.2 Å². The molecule has 190 valence electrons. The molecule has 0 radical (unpaired) electrons. The molecule has 2 aromatic carbocycles. The van der Waals surface area contributed by atoms with Crippen LogP contribution in [0.1, 0.15) is 43.1 Å². The van der Waals surface area contributed by atoms with E-state index in [2.05, 4.69) is 40.8 Å². The maximum absolute atomic E-state index is 13.2. The molecule has 0 saturated heterocycles. The van der Waals surface area contributed by atoms with Crippen molar-refractivity contribution in [3.05, 3.63) is 70.9 Å². The number of benzene rings is 2. The predicted octanol–water partition coefficient (Wildman–Crippen LogP) is 7.68. The van der Waals surface area contributed by atoms with Crippen molar-refractivity contribution >= 4 is 38.4 Å². The third-order valence-electron chi connectivity index (χ3n) is 7.27. The fraction of sp³-hybridized carbons (Fsp3) is 0.321. The minimum Gasteiger partial charge on any atom is -0.365 e. The van der Waals surface area contributed by atoms with Crippen molar-refractivity contribution in [2.24, 2.45) is 5.92 Å². The molecule has 0 bridgehead atoms. The van der Waals surface area contributed by atoms with E-state index < -0.39 is 11.7 Å². The molecule has 0 unspecified atom stereocenters. The second-order valence-electron chi connectivity index (χ2n) is 9.81. The first-order valence-electron chi connectivity index (χ1n) is 12.4. The first-order chi connectivity index (χ1) is 17.8. The van der Waals surface area contributed by atoms with E-state index in [4.69, 9.17) is 9.97 Å². The zero-order chi connectivity index (χ0) is 25.7. The molecule has 1 N–H and O–H groups in total. The Morgan fingerprint density at radius 2 is 1.84 bits per heavy atom. The number of nitrogens with one attached hydrogen (secondary N) is 1. The maximum Gasteiger partial charge on any atom is 0.416 e. The summed E-state index contributed by atoms with van der Waals surface area (Å²) >= 11 is 1.68. The van der Waals surface area contributed by atoms with Crippen LogP contribution in [0.25, 0.3) is 32.6 Å². The fourth-order valence-corrected chi connectivity index (χ4v) is 5.75. The van der Waals surface area contributed by atoms with Crippen LogP contribution >= 0.6 is 11.3 Å². The van der Waals surface area contributed by atoms with Gasteiger partial charge in [0.2, 0.25) is 0 Å². The summed E-state index contributed by atoms with van der Waals surface area (Å²) in [4.78, 5) is 14.3. The topological polar surface area (TPSA) is 55.6 Å². The predicted molar refractivity (Wildman–Crippen MR) is 142 cm³/mol. The third-order valence-corrected chi connectivity index (χ3v) is 8.17. The van der Waals surface area contributed by atoms with Crippen LogP contribution in [0.2, 0.25) is 0 Å². The van der Waals surface area contributed by atoms with Gasteiger partial charge in [0.15, 0.2) is 11.5 Å². The van der Waals surface area contributed by atoms with Crippen LogP contribution in [0, 0.1) is 12.8 Å². The summed E-state index contributed by atoms with van der Waals surface area (Å²) in [7, 11) is 0. The van der Waals surface area contributed by atoms with Gasteiger partial charge in [-0.25, -0.2) is 15.0 Å². The number of anilines is 1. The molecule has 1 saturated carbocycles. The molecule has 6 rings (SSSR count). The lowest BCUT2D eigenvalue weighted by Gasteiger charge is -2.32. The van der Waals surface area contributed by atoms with Crippen LogP contribution in [0.3, 0.4) is 0 Å². The Balaban J connectivity index is 1.50. The number of fused-ring (bicyclic) bond motifs is 2.